The first-order valence-corrected chi connectivity index (χ1v) is 6.28. The molecule has 2 unspecified atom stereocenters. The summed E-state index contributed by atoms with van der Waals surface area (Å²) in [6.45, 7) is 2.87. The summed E-state index contributed by atoms with van der Waals surface area (Å²) in [5, 5.41) is 1.18. The van der Waals surface area contributed by atoms with Gasteiger partial charge in [0, 0.05) is 11.9 Å². The molecule has 1 aliphatic heterocycles. The molecule has 0 amide bonds. The second-order valence-corrected chi connectivity index (χ2v) is 4.95. The normalized spacial score (nSPS) is 23.7. The molecule has 94 valence electrons. The van der Waals surface area contributed by atoms with E-state index in [4.69, 9.17) is 15.3 Å². The topological polar surface area (TPSA) is 82.3 Å². The number of ether oxygens (including phenoxy) is 2. The molecule has 3 N–H and O–H groups in total. The molecule has 1 aliphatic rings. The number of rotatable bonds is 4. The van der Waals surface area contributed by atoms with Crippen LogP contribution in [0.3, 0.4) is 0 Å². The molecule has 7 heteroatoms. The average molecular weight is 256 g/mol. The Morgan fingerprint density at radius 2 is 2.41 bits per heavy atom. The van der Waals surface area contributed by atoms with E-state index in [1.165, 1.54) is 6.33 Å². The van der Waals surface area contributed by atoms with Gasteiger partial charge in [0.25, 0.3) is 0 Å². The lowest BCUT2D eigenvalue weighted by Crippen LogP contribution is -2.15. The second-order valence-electron chi connectivity index (χ2n) is 3.73. The number of nitrogens with zero attached hydrogens (tertiary/aromatic N) is 2. The van der Waals surface area contributed by atoms with Crippen LogP contribution in [0.5, 0.6) is 5.75 Å². The molecule has 6 nitrogen and oxygen atoms in total. The third kappa shape index (κ3) is 2.62. The molecule has 0 bridgehead atoms. The molecule has 0 saturated carbocycles. The molecule has 0 radical (unpaired) electrons. The van der Waals surface area contributed by atoms with E-state index < -0.39 is 0 Å². The van der Waals surface area contributed by atoms with E-state index in [-0.39, 0.29) is 6.10 Å². The maximum absolute atomic E-state index is 5.52. The summed E-state index contributed by atoms with van der Waals surface area (Å²) in [7, 11) is 1.58. The molecule has 0 spiro atoms. The zero-order valence-electron chi connectivity index (χ0n) is 9.84. The highest BCUT2D eigenvalue weighted by Gasteiger charge is 2.27. The van der Waals surface area contributed by atoms with Crippen LogP contribution in [0.4, 0.5) is 5.82 Å². The van der Waals surface area contributed by atoms with Gasteiger partial charge in [0.05, 0.1) is 13.2 Å². The zero-order valence-corrected chi connectivity index (χ0v) is 10.7. The van der Waals surface area contributed by atoms with Crippen molar-refractivity contribution in [3.8, 4) is 5.75 Å². The second kappa shape index (κ2) is 5.52. The highest BCUT2D eigenvalue weighted by atomic mass is 32.2. The molecule has 2 rings (SSSR count). The minimum Gasteiger partial charge on any atom is -0.490 e. The number of methoxy groups -OCH3 is 1. The predicted octanol–water partition coefficient (Wildman–Crippen LogP) is 1.04. The van der Waals surface area contributed by atoms with Crippen molar-refractivity contribution in [3.63, 3.8) is 0 Å². The molecule has 17 heavy (non-hydrogen) atoms. The van der Waals surface area contributed by atoms with Gasteiger partial charge in [-0.05, 0) is 13.3 Å². The molecular formula is C10H16N4O2S. The molecule has 1 aromatic rings. The summed E-state index contributed by atoms with van der Waals surface area (Å²) in [4.78, 5) is 8.24. The van der Waals surface area contributed by atoms with Crippen LogP contribution in [-0.4, -0.2) is 35.0 Å². The average Bonchev–Trinajstić information content (AvgIpc) is 2.74. The van der Waals surface area contributed by atoms with Crippen LogP contribution in [-0.2, 0) is 4.74 Å². The largest absolute Gasteiger partial charge is 0.490 e. The maximum atomic E-state index is 5.52. The number of nitrogens with one attached hydrogen (secondary N) is 1. The molecule has 1 aromatic heterocycles. The van der Waals surface area contributed by atoms with Crippen molar-refractivity contribution < 1.29 is 9.47 Å². The minimum atomic E-state index is 0.231. The van der Waals surface area contributed by atoms with Crippen molar-refractivity contribution in [1.29, 1.82) is 0 Å². The van der Waals surface area contributed by atoms with Gasteiger partial charge in [-0.3, -0.25) is 0 Å². The van der Waals surface area contributed by atoms with E-state index in [0.717, 1.165) is 18.1 Å². The van der Waals surface area contributed by atoms with Crippen molar-refractivity contribution in [2.75, 3.05) is 19.1 Å². The monoisotopic (exact) mass is 256 g/mol. The number of nitrogens with two attached hydrogens (primary N) is 1. The lowest BCUT2D eigenvalue weighted by molar-refractivity contribution is 0.127. The Kier molecular flexibility index (Phi) is 4.03. The van der Waals surface area contributed by atoms with Gasteiger partial charge in [-0.1, -0.05) is 11.8 Å². The Labute approximate surface area is 104 Å². The number of aromatic nitrogens is 2. The fourth-order valence-electron chi connectivity index (χ4n) is 1.74. The van der Waals surface area contributed by atoms with E-state index >= 15 is 0 Å². The Morgan fingerprint density at radius 3 is 3.00 bits per heavy atom. The van der Waals surface area contributed by atoms with Crippen LogP contribution in [0, 0.1) is 0 Å². The molecule has 1 fully saturated rings. The maximum Gasteiger partial charge on any atom is 0.195 e. The third-order valence-corrected chi connectivity index (χ3v) is 4.12. The first kappa shape index (κ1) is 12.4. The van der Waals surface area contributed by atoms with Gasteiger partial charge < -0.3 is 14.9 Å². The Hall–Kier alpha value is -1.05. The summed E-state index contributed by atoms with van der Waals surface area (Å²) in [6.07, 6.45) is 2.72. The van der Waals surface area contributed by atoms with Gasteiger partial charge in [0.2, 0.25) is 0 Å². The summed E-state index contributed by atoms with van der Waals surface area (Å²) >= 11 is 1.64. The SMILES string of the molecule is COc1c(NN)ncnc1SC1CCOC1C. The van der Waals surface area contributed by atoms with E-state index in [1.807, 2.05) is 0 Å². The standard InChI is InChI=1S/C10H16N4O2S/c1-6-7(3-4-16-6)17-10-8(15-2)9(14-11)12-5-13-10/h5-7H,3-4,11H2,1-2H3,(H,12,13,14). The number of hydrogen-bond donors (Lipinski definition) is 2. The zero-order chi connectivity index (χ0) is 12.3. The highest BCUT2D eigenvalue weighted by Crippen LogP contribution is 2.38. The van der Waals surface area contributed by atoms with Gasteiger partial charge in [-0.25, -0.2) is 15.8 Å². The lowest BCUT2D eigenvalue weighted by Gasteiger charge is -2.15. The first-order chi connectivity index (χ1) is 8.26. The molecule has 2 atom stereocenters. The summed E-state index contributed by atoms with van der Waals surface area (Å²) < 4.78 is 10.8. The quantitative estimate of drug-likeness (QED) is 0.473. The fraction of sp³-hybridized carbons (Fsp3) is 0.600. The van der Waals surface area contributed by atoms with Gasteiger partial charge in [0.1, 0.15) is 11.4 Å². The lowest BCUT2D eigenvalue weighted by atomic mass is 10.3. The summed E-state index contributed by atoms with van der Waals surface area (Å²) in [6, 6.07) is 0. The molecule has 2 heterocycles. The van der Waals surface area contributed by atoms with Crippen LogP contribution in [0.2, 0.25) is 0 Å². The molecular weight excluding hydrogens is 240 g/mol. The Balaban J connectivity index is 2.19. The van der Waals surface area contributed by atoms with Crippen LogP contribution >= 0.6 is 11.8 Å². The van der Waals surface area contributed by atoms with E-state index in [0.29, 0.717) is 16.8 Å². The van der Waals surface area contributed by atoms with Crippen molar-refractivity contribution in [2.24, 2.45) is 5.84 Å². The summed E-state index contributed by atoms with van der Waals surface area (Å²) in [5.74, 6) is 6.46. The Bertz CT molecular complexity index is 391. The van der Waals surface area contributed by atoms with Gasteiger partial charge in [-0.15, -0.1) is 0 Å². The van der Waals surface area contributed by atoms with E-state index in [9.17, 15) is 0 Å². The fourth-order valence-corrected chi connectivity index (χ4v) is 2.90. The number of hydrogen-bond acceptors (Lipinski definition) is 7. The number of nitrogen functional groups attached to an aromatic ring is 1. The number of hydrazine groups is 1. The van der Waals surface area contributed by atoms with Crippen molar-refractivity contribution in [3.05, 3.63) is 6.33 Å². The molecule has 0 aliphatic carbocycles. The third-order valence-electron chi connectivity index (χ3n) is 2.68. The van der Waals surface area contributed by atoms with E-state index in [2.05, 4.69) is 22.3 Å². The number of anilines is 1. The van der Waals surface area contributed by atoms with Crippen molar-refractivity contribution in [1.82, 2.24) is 9.97 Å². The van der Waals surface area contributed by atoms with Crippen LogP contribution in [0.25, 0.3) is 0 Å². The highest BCUT2D eigenvalue weighted by molar-refractivity contribution is 8.00. The van der Waals surface area contributed by atoms with Gasteiger partial charge >= 0.3 is 0 Å². The summed E-state index contributed by atoms with van der Waals surface area (Å²) in [5.41, 5.74) is 2.50. The van der Waals surface area contributed by atoms with Crippen molar-refractivity contribution in [2.45, 2.75) is 29.7 Å². The number of thioether (sulfide) groups is 1. The predicted molar refractivity (Wildman–Crippen MR) is 66.1 cm³/mol. The Morgan fingerprint density at radius 1 is 1.59 bits per heavy atom. The van der Waals surface area contributed by atoms with Crippen LogP contribution < -0.4 is 16.0 Å². The van der Waals surface area contributed by atoms with Crippen molar-refractivity contribution >= 4 is 17.6 Å². The molecule has 1 saturated heterocycles. The smallest absolute Gasteiger partial charge is 0.195 e. The molecule has 0 aromatic carbocycles. The van der Waals surface area contributed by atoms with Gasteiger partial charge in [-0.2, -0.15) is 0 Å². The van der Waals surface area contributed by atoms with Crippen LogP contribution in [0.15, 0.2) is 11.4 Å². The minimum absolute atomic E-state index is 0.231. The van der Waals surface area contributed by atoms with Crippen LogP contribution in [0.1, 0.15) is 13.3 Å². The van der Waals surface area contributed by atoms with Gasteiger partial charge in [0.15, 0.2) is 11.6 Å². The first-order valence-electron chi connectivity index (χ1n) is 5.40. The van der Waals surface area contributed by atoms with E-state index in [1.54, 1.807) is 18.9 Å².